The van der Waals surface area contributed by atoms with Crippen LogP contribution in [0.3, 0.4) is 0 Å². The molecule has 1 aliphatic heterocycles. The van der Waals surface area contributed by atoms with E-state index < -0.39 is 0 Å². The van der Waals surface area contributed by atoms with Gasteiger partial charge in [0, 0.05) is 50.1 Å². The van der Waals surface area contributed by atoms with Crippen LogP contribution in [0.4, 0.5) is 0 Å². The van der Waals surface area contributed by atoms with Gasteiger partial charge in [-0.3, -0.25) is 9.89 Å². The van der Waals surface area contributed by atoms with Crippen molar-refractivity contribution in [3.63, 3.8) is 0 Å². The van der Waals surface area contributed by atoms with Crippen LogP contribution in [0.2, 0.25) is 0 Å². The molecule has 0 radical (unpaired) electrons. The Balaban J connectivity index is 0.00000300. The van der Waals surface area contributed by atoms with Crippen molar-refractivity contribution < 1.29 is 0 Å². The lowest BCUT2D eigenvalue weighted by molar-refractivity contribution is 0.107. The average molecular weight is 528 g/mol. The Morgan fingerprint density at radius 1 is 1.21 bits per heavy atom. The van der Waals surface area contributed by atoms with Gasteiger partial charge in [0.15, 0.2) is 5.96 Å². The molecule has 29 heavy (non-hydrogen) atoms. The standard InChI is InChI=1S/C22H33N5S.HI/c1-16-17(2)28-20(26-16)10-12-24-21(23-5)25-15-22(3,4)27-13-11-18-8-6-7-9-19(18)14-27;/h6-9H,10-15H2,1-5H3,(H2,23,24,25);1H. The van der Waals surface area contributed by atoms with Gasteiger partial charge in [-0.05, 0) is 45.2 Å². The zero-order valence-corrected chi connectivity index (χ0v) is 21.4. The minimum atomic E-state index is 0. The first kappa shape index (κ1) is 24.1. The molecule has 2 N–H and O–H groups in total. The SMILES string of the molecule is CN=C(NCCc1nc(C)c(C)s1)NCC(C)(C)N1CCc2ccccc2C1.I. The first-order chi connectivity index (χ1) is 13.4. The molecule has 0 saturated heterocycles. The van der Waals surface area contributed by atoms with Gasteiger partial charge < -0.3 is 10.6 Å². The van der Waals surface area contributed by atoms with Crippen LogP contribution in [0.15, 0.2) is 29.3 Å². The monoisotopic (exact) mass is 527 g/mol. The summed E-state index contributed by atoms with van der Waals surface area (Å²) in [5.74, 6) is 0.857. The first-order valence-corrected chi connectivity index (χ1v) is 10.9. The Kier molecular flexibility index (Phi) is 8.91. The van der Waals surface area contributed by atoms with E-state index in [4.69, 9.17) is 0 Å². The number of benzene rings is 1. The van der Waals surface area contributed by atoms with Crippen molar-refractivity contribution in [1.82, 2.24) is 20.5 Å². The highest BCUT2D eigenvalue weighted by molar-refractivity contribution is 14.0. The summed E-state index contributed by atoms with van der Waals surface area (Å²) in [6.07, 6.45) is 2.05. The molecule has 1 aromatic heterocycles. The van der Waals surface area contributed by atoms with Gasteiger partial charge in [0.1, 0.15) is 0 Å². The molecular formula is C22H34IN5S. The molecule has 0 spiro atoms. The van der Waals surface area contributed by atoms with Crippen LogP contribution in [0, 0.1) is 13.8 Å². The van der Waals surface area contributed by atoms with Crippen molar-refractivity contribution in [2.24, 2.45) is 4.99 Å². The number of hydrogen-bond donors (Lipinski definition) is 2. The van der Waals surface area contributed by atoms with Gasteiger partial charge in [-0.2, -0.15) is 0 Å². The summed E-state index contributed by atoms with van der Waals surface area (Å²) in [6, 6.07) is 8.80. The molecule has 3 rings (SSSR count). The van der Waals surface area contributed by atoms with Crippen LogP contribution in [-0.4, -0.2) is 48.1 Å². The second-order valence-electron chi connectivity index (χ2n) is 8.10. The Hall–Kier alpha value is -1.19. The lowest BCUT2D eigenvalue weighted by Gasteiger charge is -2.42. The highest BCUT2D eigenvalue weighted by atomic mass is 127. The molecule has 2 aromatic rings. The number of nitrogens with zero attached hydrogens (tertiary/aromatic N) is 3. The Bertz CT molecular complexity index is 811. The van der Waals surface area contributed by atoms with Gasteiger partial charge in [-0.15, -0.1) is 35.3 Å². The van der Waals surface area contributed by atoms with Crippen molar-refractivity contribution in [2.45, 2.75) is 52.6 Å². The molecule has 0 fully saturated rings. The summed E-state index contributed by atoms with van der Waals surface area (Å²) in [5.41, 5.74) is 4.15. The van der Waals surface area contributed by atoms with E-state index in [1.165, 1.54) is 21.0 Å². The molecular weight excluding hydrogens is 493 g/mol. The fourth-order valence-corrected chi connectivity index (χ4v) is 4.51. The molecule has 0 atom stereocenters. The summed E-state index contributed by atoms with van der Waals surface area (Å²) in [7, 11) is 1.83. The van der Waals surface area contributed by atoms with Gasteiger partial charge in [0.2, 0.25) is 0 Å². The van der Waals surface area contributed by atoms with E-state index in [1.807, 2.05) is 7.05 Å². The molecule has 160 valence electrons. The molecule has 7 heteroatoms. The van der Waals surface area contributed by atoms with Crippen molar-refractivity contribution >= 4 is 41.3 Å². The predicted molar refractivity (Wildman–Crippen MR) is 135 cm³/mol. The highest BCUT2D eigenvalue weighted by Crippen LogP contribution is 2.24. The summed E-state index contributed by atoms with van der Waals surface area (Å²) in [6.45, 7) is 12.6. The third kappa shape index (κ3) is 6.39. The number of aromatic nitrogens is 1. The smallest absolute Gasteiger partial charge is 0.191 e. The Labute approximate surface area is 196 Å². The number of aryl methyl sites for hydroxylation is 2. The third-order valence-corrected chi connectivity index (χ3v) is 6.74. The van der Waals surface area contributed by atoms with Crippen LogP contribution in [0.1, 0.15) is 40.6 Å². The van der Waals surface area contributed by atoms with Crippen LogP contribution in [0.5, 0.6) is 0 Å². The summed E-state index contributed by atoms with van der Waals surface area (Å²) in [5, 5.41) is 8.12. The number of hydrogen-bond acceptors (Lipinski definition) is 4. The van der Waals surface area contributed by atoms with Gasteiger partial charge >= 0.3 is 0 Å². The number of thiazole rings is 1. The van der Waals surface area contributed by atoms with Gasteiger partial charge in [0.05, 0.1) is 10.7 Å². The zero-order chi connectivity index (χ0) is 20.1. The first-order valence-electron chi connectivity index (χ1n) is 10.1. The minimum absolute atomic E-state index is 0. The van der Waals surface area contributed by atoms with E-state index in [9.17, 15) is 0 Å². The lowest BCUT2D eigenvalue weighted by atomic mass is 9.94. The molecule has 0 unspecified atom stereocenters. The number of fused-ring (bicyclic) bond motifs is 1. The number of guanidine groups is 1. The molecule has 5 nitrogen and oxygen atoms in total. The highest BCUT2D eigenvalue weighted by Gasteiger charge is 2.29. The fraction of sp³-hybridized carbons (Fsp3) is 0.545. The fourth-order valence-electron chi connectivity index (χ4n) is 3.58. The Morgan fingerprint density at radius 2 is 1.93 bits per heavy atom. The molecule has 1 aromatic carbocycles. The third-order valence-electron chi connectivity index (χ3n) is 5.60. The van der Waals surface area contributed by atoms with Crippen LogP contribution in [0.25, 0.3) is 0 Å². The zero-order valence-electron chi connectivity index (χ0n) is 18.2. The summed E-state index contributed by atoms with van der Waals surface area (Å²) >= 11 is 1.79. The van der Waals surface area contributed by atoms with Gasteiger partial charge in [-0.25, -0.2) is 4.98 Å². The largest absolute Gasteiger partial charge is 0.356 e. The maximum atomic E-state index is 4.61. The van der Waals surface area contributed by atoms with Crippen LogP contribution < -0.4 is 10.6 Å². The van der Waals surface area contributed by atoms with Gasteiger partial charge in [0.25, 0.3) is 0 Å². The van der Waals surface area contributed by atoms with E-state index in [-0.39, 0.29) is 29.5 Å². The van der Waals surface area contributed by atoms with E-state index in [0.29, 0.717) is 0 Å². The molecule has 1 aliphatic rings. The normalized spacial score (nSPS) is 14.9. The van der Waals surface area contributed by atoms with Crippen LogP contribution >= 0.6 is 35.3 Å². The lowest BCUT2D eigenvalue weighted by Crippen LogP contribution is -2.54. The van der Waals surface area contributed by atoms with E-state index >= 15 is 0 Å². The molecule has 0 bridgehead atoms. The quantitative estimate of drug-likeness (QED) is 0.340. The van der Waals surface area contributed by atoms with Crippen LogP contribution in [-0.2, 0) is 19.4 Å². The van der Waals surface area contributed by atoms with E-state index in [2.05, 4.69) is 77.5 Å². The van der Waals surface area contributed by atoms with Crippen molar-refractivity contribution in [3.05, 3.63) is 51.0 Å². The predicted octanol–water partition coefficient (Wildman–Crippen LogP) is 3.92. The number of halogens is 1. The van der Waals surface area contributed by atoms with Crippen molar-refractivity contribution in [1.29, 1.82) is 0 Å². The topological polar surface area (TPSA) is 52.6 Å². The Morgan fingerprint density at radius 3 is 2.59 bits per heavy atom. The second-order valence-corrected chi connectivity index (χ2v) is 9.39. The molecule has 2 heterocycles. The summed E-state index contributed by atoms with van der Waals surface area (Å²) < 4.78 is 0. The van der Waals surface area contributed by atoms with Gasteiger partial charge in [-0.1, -0.05) is 24.3 Å². The molecule has 0 saturated carbocycles. The average Bonchev–Trinajstić information content (AvgIpc) is 3.01. The molecule has 0 amide bonds. The molecule has 0 aliphatic carbocycles. The number of rotatable bonds is 6. The summed E-state index contributed by atoms with van der Waals surface area (Å²) in [4.78, 5) is 12.9. The maximum Gasteiger partial charge on any atom is 0.191 e. The van der Waals surface area contributed by atoms with Crippen molar-refractivity contribution in [2.75, 3.05) is 26.7 Å². The number of nitrogens with one attached hydrogen (secondary N) is 2. The van der Waals surface area contributed by atoms with Crippen molar-refractivity contribution in [3.8, 4) is 0 Å². The minimum Gasteiger partial charge on any atom is -0.356 e. The van der Waals surface area contributed by atoms with E-state index in [0.717, 1.165) is 50.7 Å². The van der Waals surface area contributed by atoms with E-state index in [1.54, 1.807) is 11.3 Å². The maximum absolute atomic E-state index is 4.61. The number of aliphatic imine (C=N–C) groups is 1. The second kappa shape index (κ2) is 10.7.